The van der Waals surface area contributed by atoms with Crippen molar-refractivity contribution in [2.75, 3.05) is 6.61 Å². The number of benzene rings is 1. The van der Waals surface area contributed by atoms with Gasteiger partial charge in [-0.2, -0.15) is 0 Å². The molecule has 0 spiro atoms. The van der Waals surface area contributed by atoms with Crippen LogP contribution in [0.2, 0.25) is 22.2 Å². The van der Waals surface area contributed by atoms with E-state index >= 15 is 0 Å². The summed E-state index contributed by atoms with van der Waals surface area (Å²) in [7, 11) is -5.67. The second kappa shape index (κ2) is 9.58. The smallest absolute Gasteiger partial charge is 0.335 e. The number of aliphatic hydroxyl groups excluding tert-OH is 1. The van der Waals surface area contributed by atoms with E-state index in [2.05, 4.69) is 60.4 Å². The van der Waals surface area contributed by atoms with Crippen LogP contribution in [0.15, 0.2) is 18.5 Å². The van der Waals surface area contributed by atoms with E-state index in [1.165, 1.54) is 12.4 Å². The van der Waals surface area contributed by atoms with Crippen molar-refractivity contribution in [1.29, 1.82) is 0 Å². The third-order valence-corrected chi connectivity index (χ3v) is 17.8. The molecule has 0 aliphatic carbocycles. The predicted octanol–water partition coefficient (Wildman–Crippen LogP) is 5.53. The Labute approximate surface area is 208 Å². The summed E-state index contributed by atoms with van der Waals surface area (Å²) in [4.78, 5) is 4.04. The van der Waals surface area contributed by atoms with Crippen LogP contribution in [0.4, 0.5) is 8.78 Å². The number of nitrogens with zero attached hydrogens (tertiary/aromatic N) is 2. The molecule has 0 unspecified atom stereocenters. The minimum absolute atomic E-state index is 0.103. The van der Waals surface area contributed by atoms with Gasteiger partial charge in [0.15, 0.2) is 17.9 Å². The van der Waals surface area contributed by atoms with Gasteiger partial charge in [0.2, 0.25) is 0 Å². The van der Waals surface area contributed by atoms with Crippen LogP contribution in [-0.2, 0) is 17.7 Å². The SMILES string of the molecule is CC(C)[Si]1(C(C)C)OC[C@H]2O[C@@H](n3cnc4c(F)c(F)ccc43)[C@H](O)[C@@H]2O[Si](C(C)C)(C(C)C)O1. The van der Waals surface area contributed by atoms with Crippen molar-refractivity contribution in [3.8, 4) is 0 Å². The van der Waals surface area contributed by atoms with Crippen molar-refractivity contribution < 1.29 is 31.6 Å². The van der Waals surface area contributed by atoms with E-state index in [0.717, 1.165) is 6.07 Å². The first-order valence-corrected chi connectivity index (χ1v) is 16.5. The standard InChI is InChI=1S/C24H38F2N2O5Si2/c1-13(2)34(14(3)4)30-11-19-23(32-35(33-34,15(5)6)16(7)8)22(29)24(31-19)28-12-27-21-18(28)10-9-17(25)20(21)26/h9-10,12-16,19,22-24,29H,11H2,1-8H3/t19-,22-,23-,24-/m1/s1. The van der Waals surface area contributed by atoms with Crippen molar-refractivity contribution in [1.82, 2.24) is 9.55 Å². The van der Waals surface area contributed by atoms with Gasteiger partial charge in [0.25, 0.3) is 0 Å². The van der Waals surface area contributed by atoms with Crippen LogP contribution in [0.3, 0.4) is 0 Å². The van der Waals surface area contributed by atoms with Gasteiger partial charge in [0.05, 0.1) is 18.5 Å². The molecule has 1 aromatic heterocycles. The van der Waals surface area contributed by atoms with Crippen LogP contribution in [0, 0.1) is 11.6 Å². The molecule has 3 heterocycles. The largest absolute Gasteiger partial charge is 0.414 e. The second-order valence-electron chi connectivity index (χ2n) is 11.0. The summed E-state index contributed by atoms with van der Waals surface area (Å²) < 4.78 is 56.7. The Bertz CT molecular complexity index is 1050. The third-order valence-electron chi connectivity index (χ3n) is 7.55. The van der Waals surface area contributed by atoms with E-state index in [0.29, 0.717) is 5.52 Å². The first-order valence-electron chi connectivity index (χ1n) is 12.5. The van der Waals surface area contributed by atoms with E-state index < -0.39 is 53.3 Å². The molecule has 11 heteroatoms. The molecule has 2 fully saturated rings. The molecule has 4 rings (SSSR count). The molecule has 2 aliphatic rings. The van der Waals surface area contributed by atoms with Gasteiger partial charge in [-0.05, 0) is 34.3 Å². The summed E-state index contributed by atoms with van der Waals surface area (Å²) in [5, 5.41) is 11.5. The number of rotatable bonds is 5. The average Bonchev–Trinajstić information content (AvgIpc) is 3.31. The summed E-state index contributed by atoms with van der Waals surface area (Å²) >= 11 is 0. The normalized spacial score (nSPS) is 28.8. The molecule has 0 saturated carbocycles. The van der Waals surface area contributed by atoms with Gasteiger partial charge in [0, 0.05) is 0 Å². The third kappa shape index (κ3) is 4.22. The van der Waals surface area contributed by atoms with Crippen molar-refractivity contribution >= 4 is 28.2 Å². The molecule has 0 amide bonds. The Morgan fingerprint density at radius 1 is 0.971 bits per heavy atom. The zero-order chi connectivity index (χ0) is 25.9. The lowest BCUT2D eigenvalue weighted by Crippen LogP contribution is -2.65. The lowest BCUT2D eigenvalue weighted by molar-refractivity contribution is -0.0568. The molecule has 7 nitrogen and oxygen atoms in total. The maximum absolute atomic E-state index is 14.3. The summed E-state index contributed by atoms with van der Waals surface area (Å²) in [6.45, 7) is 17.2. The summed E-state index contributed by atoms with van der Waals surface area (Å²) in [6, 6.07) is 2.49. The van der Waals surface area contributed by atoms with Crippen molar-refractivity contribution in [2.45, 2.75) is 102 Å². The quantitative estimate of drug-likeness (QED) is 0.515. The first kappa shape index (κ1) is 26.8. The Morgan fingerprint density at radius 3 is 2.14 bits per heavy atom. The number of fused-ring (bicyclic) bond motifs is 2. The number of halogens is 2. The van der Waals surface area contributed by atoms with Crippen LogP contribution >= 0.6 is 0 Å². The highest BCUT2D eigenvalue weighted by atomic mass is 28.5. The Hall–Kier alpha value is -1.22. The Morgan fingerprint density at radius 2 is 1.57 bits per heavy atom. The molecule has 1 aromatic carbocycles. The second-order valence-corrected chi connectivity index (χ2v) is 19.8. The van der Waals surface area contributed by atoms with Gasteiger partial charge in [-0.25, -0.2) is 13.8 Å². The Kier molecular flexibility index (Phi) is 7.35. The van der Waals surface area contributed by atoms with Crippen LogP contribution in [0.25, 0.3) is 11.0 Å². The molecule has 0 bridgehead atoms. The summed E-state index contributed by atoms with van der Waals surface area (Å²) in [6.07, 6.45) is -1.83. The molecule has 35 heavy (non-hydrogen) atoms. The zero-order valence-electron chi connectivity index (χ0n) is 21.8. The number of imidazole rings is 1. The van der Waals surface area contributed by atoms with Crippen LogP contribution in [0.5, 0.6) is 0 Å². The van der Waals surface area contributed by atoms with E-state index in [4.69, 9.17) is 17.7 Å². The van der Waals surface area contributed by atoms with E-state index in [-0.39, 0.29) is 34.3 Å². The highest BCUT2D eigenvalue weighted by Gasteiger charge is 2.61. The molecular formula is C24H38F2N2O5Si2. The van der Waals surface area contributed by atoms with E-state index in [9.17, 15) is 13.9 Å². The fourth-order valence-electron chi connectivity index (χ4n) is 5.61. The van der Waals surface area contributed by atoms with Crippen LogP contribution < -0.4 is 0 Å². The van der Waals surface area contributed by atoms with E-state index in [1.807, 2.05) is 0 Å². The molecule has 2 aliphatic heterocycles. The van der Waals surface area contributed by atoms with Gasteiger partial charge >= 0.3 is 17.1 Å². The lowest BCUT2D eigenvalue weighted by atomic mass is 10.1. The number of ether oxygens (including phenoxy) is 1. The van der Waals surface area contributed by atoms with Crippen molar-refractivity contribution in [2.24, 2.45) is 0 Å². The number of aromatic nitrogens is 2. The number of hydrogen-bond donors (Lipinski definition) is 1. The van der Waals surface area contributed by atoms with Gasteiger partial charge < -0.3 is 27.4 Å². The molecule has 2 aromatic rings. The fourth-order valence-corrected chi connectivity index (χ4v) is 16.8. The Balaban J connectivity index is 1.77. The van der Waals surface area contributed by atoms with Crippen molar-refractivity contribution in [3.05, 3.63) is 30.1 Å². The molecule has 1 N–H and O–H groups in total. The summed E-state index contributed by atoms with van der Waals surface area (Å²) in [5.74, 6) is -2.00. The molecule has 4 atom stereocenters. The summed E-state index contributed by atoms with van der Waals surface area (Å²) in [5.41, 5.74) is 0.806. The number of hydrogen-bond acceptors (Lipinski definition) is 6. The van der Waals surface area contributed by atoms with Crippen molar-refractivity contribution in [3.63, 3.8) is 0 Å². The molecule has 0 radical (unpaired) electrons. The lowest BCUT2D eigenvalue weighted by Gasteiger charge is -2.51. The number of aliphatic hydroxyl groups is 1. The molecular weight excluding hydrogens is 490 g/mol. The predicted molar refractivity (Wildman–Crippen MR) is 133 cm³/mol. The minimum Gasteiger partial charge on any atom is -0.414 e. The monoisotopic (exact) mass is 528 g/mol. The van der Waals surface area contributed by atoms with Crippen LogP contribution in [0.1, 0.15) is 61.6 Å². The first-order chi connectivity index (χ1) is 16.4. The van der Waals surface area contributed by atoms with Gasteiger partial charge in [-0.3, -0.25) is 0 Å². The topological polar surface area (TPSA) is 75.0 Å². The highest BCUT2D eigenvalue weighted by Crippen LogP contribution is 2.48. The minimum atomic E-state index is -2.93. The van der Waals surface area contributed by atoms with Gasteiger partial charge in [-0.1, -0.05) is 55.4 Å². The highest BCUT2D eigenvalue weighted by molar-refractivity contribution is 6.84. The van der Waals surface area contributed by atoms with E-state index in [1.54, 1.807) is 4.57 Å². The fraction of sp³-hybridized carbons (Fsp3) is 0.708. The maximum atomic E-state index is 14.3. The zero-order valence-corrected chi connectivity index (χ0v) is 23.8. The van der Waals surface area contributed by atoms with Gasteiger partial charge in [-0.15, -0.1) is 0 Å². The van der Waals surface area contributed by atoms with Gasteiger partial charge in [0.1, 0.15) is 23.8 Å². The molecule has 2 saturated heterocycles. The maximum Gasteiger partial charge on any atom is 0.335 e. The molecule has 196 valence electrons. The average molecular weight is 529 g/mol. The van der Waals surface area contributed by atoms with Crippen LogP contribution in [-0.4, -0.2) is 56.7 Å².